The van der Waals surface area contributed by atoms with Gasteiger partial charge in [-0.3, -0.25) is 4.57 Å². The van der Waals surface area contributed by atoms with E-state index in [1.165, 1.54) is 29.0 Å². The van der Waals surface area contributed by atoms with Crippen LogP contribution in [-0.4, -0.2) is 9.55 Å². The lowest BCUT2D eigenvalue weighted by molar-refractivity contribution is 0.423. The summed E-state index contributed by atoms with van der Waals surface area (Å²) in [5, 5.41) is 0.212. The van der Waals surface area contributed by atoms with Gasteiger partial charge in [-0.15, -0.1) is 0 Å². The molecule has 2 heterocycles. The summed E-state index contributed by atoms with van der Waals surface area (Å²) in [6.07, 6.45) is 1.48. The first-order valence-corrected chi connectivity index (χ1v) is 5.88. The molecule has 0 spiro atoms. The molecule has 0 unspecified atom stereocenters. The molecule has 0 amide bonds. The highest BCUT2D eigenvalue weighted by atomic mass is 19.1. The first-order valence-electron chi connectivity index (χ1n) is 5.88. The number of hydrogen-bond donors (Lipinski definition) is 0. The van der Waals surface area contributed by atoms with Crippen LogP contribution in [0.5, 0.6) is 0 Å². The van der Waals surface area contributed by atoms with Gasteiger partial charge in [-0.05, 0) is 29.8 Å². The molecule has 20 heavy (non-hydrogen) atoms. The number of fused-ring (bicyclic) bond motifs is 1. The maximum atomic E-state index is 13.2. The van der Waals surface area contributed by atoms with E-state index in [0.717, 1.165) is 0 Å². The summed E-state index contributed by atoms with van der Waals surface area (Å²) in [7, 11) is 0. The molecule has 2 aromatic heterocycles. The normalized spacial score (nSPS) is 10.8. The maximum Gasteiger partial charge on any atom is 0.423 e. The fraction of sp³-hybridized carbons (Fsp3) is 0.0714. The largest absolute Gasteiger partial charge is 0.423 e. The van der Waals surface area contributed by atoms with Crippen LogP contribution in [-0.2, 0) is 6.54 Å². The van der Waals surface area contributed by atoms with Gasteiger partial charge in [0.25, 0.3) is 0 Å². The van der Waals surface area contributed by atoms with Crippen molar-refractivity contribution in [1.82, 2.24) is 9.55 Å². The molecular formula is C14H9FN2O3. The first-order chi connectivity index (χ1) is 9.65. The third-order valence-electron chi connectivity index (χ3n) is 2.89. The van der Waals surface area contributed by atoms with Gasteiger partial charge in [-0.25, -0.2) is 19.0 Å². The standard InChI is InChI=1S/C14H9FN2O3/c15-10-4-1-3-9(7-10)8-17-12-11(5-2-6-16-12)13(18)20-14(17)19/h1-7H,8H2. The van der Waals surface area contributed by atoms with Crippen LogP contribution in [0.25, 0.3) is 11.0 Å². The van der Waals surface area contributed by atoms with Crippen LogP contribution in [0.4, 0.5) is 4.39 Å². The van der Waals surface area contributed by atoms with Crippen molar-refractivity contribution in [3.05, 3.63) is 74.9 Å². The van der Waals surface area contributed by atoms with Crippen LogP contribution in [0.15, 0.2) is 56.6 Å². The lowest BCUT2D eigenvalue weighted by atomic mass is 10.2. The quantitative estimate of drug-likeness (QED) is 0.709. The molecule has 0 aliphatic carbocycles. The molecule has 3 rings (SSSR count). The lowest BCUT2D eigenvalue weighted by Crippen LogP contribution is -2.26. The van der Waals surface area contributed by atoms with Crippen LogP contribution in [0.1, 0.15) is 5.56 Å². The molecule has 0 aliphatic rings. The van der Waals surface area contributed by atoms with E-state index in [1.54, 1.807) is 18.2 Å². The Labute approximate surface area is 111 Å². The van der Waals surface area contributed by atoms with E-state index in [2.05, 4.69) is 9.40 Å². The van der Waals surface area contributed by atoms with Gasteiger partial charge in [0.15, 0.2) is 5.65 Å². The molecule has 0 saturated carbocycles. The molecule has 3 aromatic rings. The molecular weight excluding hydrogens is 263 g/mol. The zero-order valence-electron chi connectivity index (χ0n) is 10.2. The molecule has 6 heteroatoms. The minimum Gasteiger partial charge on any atom is -0.372 e. The third kappa shape index (κ3) is 2.11. The Kier molecular flexibility index (Phi) is 2.90. The molecule has 0 aliphatic heterocycles. The zero-order valence-corrected chi connectivity index (χ0v) is 10.2. The second kappa shape index (κ2) is 4.73. The first kappa shape index (κ1) is 12.3. The minimum atomic E-state index is -0.814. The highest BCUT2D eigenvalue weighted by molar-refractivity contribution is 5.72. The van der Waals surface area contributed by atoms with Crippen molar-refractivity contribution in [1.29, 1.82) is 0 Å². The van der Waals surface area contributed by atoms with Crippen molar-refractivity contribution < 1.29 is 8.81 Å². The Morgan fingerprint density at radius 1 is 1.20 bits per heavy atom. The monoisotopic (exact) mass is 272 g/mol. The van der Waals surface area contributed by atoms with Gasteiger partial charge in [0.2, 0.25) is 0 Å². The summed E-state index contributed by atoms with van der Waals surface area (Å²) >= 11 is 0. The molecule has 0 bridgehead atoms. The summed E-state index contributed by atoms with van der Waals surface area (Å²) < 4.78 is 19.0. The van der Waals surface area contributed by atoms with E-state index < -0.39 is 17.2 Å². The molecule has 0 atom stereocenters. The predicted molar refractivity (Wildman–Crippen MR) is 70.0 cm³/mol. The molecule has 100 valence electrons. The summed E-state index contributed by atoms with van der Waals surface area (Å²) in [4.78, 5) is 27.4. The number of halogens is 1. The highest BCUT2D eigenvalue weighted by Crippen LogP contribution is 2.09. The summed E-state index contributed by atoms with van der Waals surface area (Å²) in [6.45, 7) is 0.0773. The zero-order chi connectivity index (χ0) is 14.1. The Balaban J connectivity index is 2.21. The molecule has 0 fully saturated rings. The number of nitrogens with zero attached hydrogens (tertiary/aromatic N) is 2. The fourth-order valence-electron chi connectivity index (χ4n) is 2.00. The van der Waals surface area contributed by atoms with E-state index in [4.69, 9.17) is 0 Å². The van der Waals surface area contributed by atoms with Crippen molar-refractivity contribution in [2.45, 2.75) is 6.54 Å². The van der Waals surface area contributed by atoms with Crippen molar-refractivity contribution in [3.8, 4) is 0 Å². The molecule has 0 saturated heterocycles. The second-order valence-electron chi connectivity index (χ2n) is 4.25. The second-order valence-corrected chi connectivity index (χ2v) is 4.25. The van der Waals surface area contributed by atoms with Crippen molar-refractivity contribution >= 4 is 11.0 Å². The fourth-order valence-corrected chi connectivity index (χ4v) is 2.00. The van der Waals surface area contributed by atoms with Crippen LogP contribution >= 0.6 is 0 Å². The van der Waals surface area contributed by atoms with Crippen LogP contribution in [0, 0.1) is 5.82 Å². The SMILES string of the molecule is O=c1oc(=O)n(Cc2cccc(F)c2)c2ncccc12. The van der Waals surface area contributed by atoms with E-state index in [9.17, 15) is 14.0 Å². The van der Waals surface area contributed by atoms with E-state index in [-0.39, 0.29) is 17.6 Å². The van der Waals surface area contributed by atoms with Crippen LogP contribution in [0.2, 0.25) is 0 Å². The van der Waals surface area contributed by atoms with Gasteiger partial charge >= 0.3 is 11.4 Å². The van der Waals surface area contributed by atoms with Gasteiger partial charge in [0.1, 0.15) is 11.2 Å². The Hall–Kier alpha value is -2.76. The van der Waals surface area contributed by atoms with E-state index >= 15 is 0 Å². The summed E-state index contributed by atoms with van der Waals surface area (Å²) in [5.41, 5.74) is 0.0690. The van der Waals surface area contributed by atoms with Crippen molar-refractivity contribution in [2.24, 2.45) is 0 Å². The van der Waals surface area contributed by atoms with Gasteiger partial charge in [0, 0.05) is 6.20 Å². The molecule has 0 radical (unpaired) electrons. The predicted octanol–water partition coefficient (Wildman–Crippen LogP) is 1.54. The Morgan fingerprint density at radius 2 is 2.05 bits per heavy atom. The average Bonchev–Trinajstić information content (AvgIpc) is 2.43. The highest BCUT2D eigenvalue weighted by Gasteiger charge is 2.10. The van der Waals surface area contributed by atoms with Crippen molar-refractivity contribution in [2.75, 3.05) is 0 Å². The smallest absolute Gasteiger partial charge is 0.372 e. The van der Waals surface area contributed by atoms with E-state index in [0.29, 0.717) is 5.56 Å². The summed E-state index contributed by atoms with van der Waals surface area (Å²) in [6, 6.07) is 8.95. The third-order valence-corrected chi connectivity index (χ3v) is 2.89. The topological polar surface area (TPSA) is 65.1 Å². The number of pyridine rings is 1. The number of rotatable bonds is 2. The number of benzene rings is 1. The van der Waals surface area contributed by atoms with Gasteiger partial charge in [-0.2, -0.15) is 0 Å². The van der Waals surface area contributed by atoms with Crippen LogP contribution in [0.3, 0.4) is 0 Å². The Bertz CT molecular complexity index is 899. The van der Waals surface area contributed by atoms with E-state index in [1.807, 2.05) is 0 Å². The Morgan fingerprint density at radius 3 is 2.85 bits per heavy atom. The summed E-state index contributed by atoms with van der Waals surface area (Å²) in [5.74, 6) is -1.21. The van der Waals surface area contributed by atoms with Gasteiger partial charge < -0.3 is 4.42 Å². The molecule has 0 N–H and O–H groups in total. The van der Waals surface area contributed by atoms with Crippen molar-refractivity contribution in [3.63, 3.8) is 0 Å². The van der Waals surface area contributed by atoms with Crippen LogP contribution < -0.4 is 11.4 Å². The maximum absolute atomic E-state index is 13.2. The minimum absolute atomic E-state index is 0.0773. The number of hydrogen-bond acceptors (Lipinski definition) is 4. The molecule has 1 aromatic carbocycles. The van der Waals surface area contributed by atoms with Gasteiger partial charge in [-0.1, -0.05) is 12.1 Å². The van der Waals surface area contributed by atoms with Gasteiger partial charge in [0.05, 0.1) is 6.54 Å². The average molecular weight is 272 g/mol. The molecule has 5 nitrogen and oxygen atoms in total. The number of aromatic nitrogens is 2. The lowest BCUT2D eigenvalue weighted by Gasteiger charge is -2.07.